The van der Waals surface area contributed by atoms with Crippen LogP contribution in [0.5, 0.6) is 0 Å². The molecule has 0 bridgehead atoms. The molecule has 1 aliphatic heterocycles. The van der Waals surface area contributed by atoms with Gasteiger partial charge in [-0.2, -0.15) is 5.10 Å². The van der Waals surface area contributed by atoms with Gasteiger partial charge in [-0.25, -0.2) is 18.7 Å². The van der Waals surface area contributed by atoms with Gasteiger partial charge in [0.25, 0.3) is 11.8 Å². The Balaban J connectivity index is 1.50. The molecule has 1 saturated carbocycles. The lowest BCUT2D eigenvalue weighted by Gasteiger charge is -2.25. The Kier molecular flexibility index (Phi) is 4.88. The molecule has 2 aliphatic rings. The molecule has 9 heteroatoms. The van der Waals surface area contributed by atoms with Gasteiger partial charge in [-0.05, 0) is 19.3 Å². The van der Waals surface area contributed by atoms with Crippen LogP contribution in [0.2, 0.25) is 0 Å². The van der Waals surface area contributed by atoms with Gasteiger partial charge in [0.15, 0.2) is 5.82 Å². The van der Waals surface area contributed by atoms with E-state index < -0.39 is 12.5 Å². The summed E-state index contributed by atoms with van der Waals surface area (Å²) in [6.07, 6.45) is 7.63. The quantitative estimate of drug-likeness (QED) is 0.666. The number of carbonyl (C=O) groups is 1. The zero-order valence-corrected chi connectivity index (χ0v) is 16.8. The number of amides is 1. The van der Waals surface area contributed by atoms with Crippen molar-refractivity contribution in [3.63, 3.8) is 0 Å². The third-order valence-electron chi connectivity index (χ3n) is 5.89. The highest BCUT2D eigenvalue weighted by atomic mass is 19.3. The van der Waals surface area contributed by atoms with E-state index in [1.807, 2.05) is 35.0 Å². The maximum absolute atomic E-state index is 13.9. The Bertz CT molecular complexity index is 1100. The van der Waals surface area contributed by atoms with E-state index in [0.717, 1.165) is 24.8 Å². The highest BCUT2D eigenvalue weighted by molar-refractivity contribution is 6.07. The SMILES string of the molecule is O=C(Nc1c(-c2ccccc2)ncnc1N1CCC(F)(F)C1)c1cnn(C2CCC2)c1. The lowest BCUT2D eigenvalue weighted by Crippen LogP contribution is -2.27. The van der Waals surface area contributed by atoms with Gasteiger partial charge in [0.2, 0.25) is 0 Å². The zero-order chi connectivity index (χ0) is 21.4. The second-order valence-electron chi connectivity index (χ2n) is 8.06. The molecule has 1 N–H and O–H groups in total. The van der Waals surface area contributed by atoms with Gasteiger partial charge in [0, 0.05) is 24.7 Å². The fourth-order valence-electron chi connectivity index (χ4n) is 3.95. The molecule has 31 heavy (non-hydrogen) atoms. The number of hydrogen-bond acceptors (Lipinski definition) is 5. The maximum atomic E-state index is 13.9. The molecule has 2 aromatic heterocycles. The van der Waals surface area contributed by atoms with Crippen molar-refractivity contribution in [2.45, 2.75) is 37.6 Å². The van der Waals surface area contributed by atoms with E-state index >= 15 is 0 Å². The number of aromatic nitrogens is 4. The first-order chi connectivity index (χ1) is 15.0. The summed E-state index contributed by atoms with van der Waals surface area (Å²) in [5.74, 6) is -2.86. The molecule has 7 nitrogen and oxygen atoms in total. The normalized spacial score (nSPS) is 18.1. The lowest BCUT2D eigenvalue weighted by atomic mass is 9.93. The van der Waals surface area contributed by atoms with Crippen LogP contribution in [0.4, 0.5) is 20.3 Å². The van der Waals surface area contributed by atoms with E-state index in [1.54, 1.807) is 6.20 Å². The average Bonchev–Trinajstić information content (AvgIpc) is 3.34. The van der Waals surface area contributed by atoms with E-state index in [4.69, 9.17) is 0 Å². The zero-order valence-electron chi connectivity index (χ0n) is 16.8. The summed E-state index contributed by atoms with van der Waals surface area (Å²) in [4.78, 5) is 23.2. The molecule has 5 rings (SSSR count). The molecule has 1 amide bonds. The molecule has 1 aliphatic carbocycles. The van der Waals surface area contributed by atoms with Crippen molar-refractivity contribution in [3.05, 3.63) is 54.6 Å². The summed E-state index contributed by atoms with van der Waals surface area (Å²) in [7, 11) is 0. The van der Waals surface area contributed by atoms with Gasteiger partial charge in [-0.3, -0.25) is 9.48 Å². The first-order valence-corrected chi connectivity index (χ1v) is 10.4. The average molecular weight is 424 g/mol. The number of benzene rings is 1. The van der Waals surface area contributed by atoms with Crippen molar-refractivity contribution < 1.29 is 13.6 Å². The van der Waals surface area contributed by atoms with E-state index in [-0.39, 0.29) is 18.9 Å². The van der Waals surface area contributed by atoms with Crippen molar-refractivity contribution in [1.82, 2.24) is 19.7 Å². The smallest absolute Gasteiger partial charge is 0.266 e. The molecule has 0 atom stereocenters. The van der Waals surface area contributed by atoms with Gasteiger partial charge in [0.05, 0.1) is 30.0 Å². The summed E-state index contributed by atoms with van der Waals surface area (Å²) < 4.78 is 29.6. The van der Waals surface area contributed by atoms with E-state index in [2.05, 4.69) is 20.4 Å². The molecule has 160 valence electrons. The third-order valence-corrected chi connectivity index (χ3v) is 5.89. The van der Waals surface area contributed by atoms with Crippen molar-refractivity contribution in [1.29, 1.82) is 0 Å². The largest absolute Gasteiger partial charge is 0.349 e. The fraction of sp³-hybridized carbons (Fsp3) is 0.364. The van der Waals surface area contributed by atoms with Gasteiger partial charge in [-0.1, -0.05) is 30.3 Å². The van der Waals surface area contributed by atoms with Crippen molar-refractivity contribution >= 4 is 17.4 Å². The Morgan fingerprint density at radius 3 is 2.65 bits per heavy atom. The third kappa shape index (κ3) is 3.87. The molecular formula is C22H22F2N6O. The maximum Gasteiger partial charge on any atom is 0.266 e. The number of halogens is 2. The minimum absolute atomic E-state index is 0.153. The van der Waals surface area contributed by atoms with E-state index in [9.17, 15) is 13.6 Å². The predicted molar refractivity (Wildman–Crippen MR) is 112 cm³/mol. The van der Waals surface area contributed by atoms with Gasteiger partial charge >= 0.3 is 0 Å². The number of carbonyl (C=O) groups excluding carboxylic acids is 1. The Morgan fingerprint density at radius 1 is 1.16 bits per heavy atom. The minimum atomic E-state index is -2.79. The Morgan fingerprint density at radius 2 is 1.97 bits per heavy atom. The molecule has 2 fully saturated rings. The number of anilines is 2. The van der Waals surface area contributed by atoms with Crippen LogP contribution >= 0.6 is 0 Å². The second kappa shape index (κ2) is 7.72. The monoisotopic (exact) mass is 424 g/mol. The number of hydrogen-bond donors (Lipinski definition) is 1. The number of rotatable bonds is 5. The standard InChI is InChI=1S/C22H22F2N6O/c23-22(24)9-10-29(13-22)20-19(18(25-14-26-20)15-5-2-1-3-6-15)28-21(31)16-11-27-30(12-16)17-7-4-8-17/h1-3,5-6,11-12,14,17H,4,7-10,13H2,(H,28,31). The predicted octanol–water partition coefficient (Wildman–Crippen LogP) is 4.16. The van der Waals surface area contributed by atoms with Crippen LogP contribution in [0.1, 0.15) is 42.1 Å². The summed E-state index contributed by atoms with van der Waals surface area (Å²) in [6, 6.07) is 9.64. The fourth-order valence-corrected chi connectivity index (χ4v) is 3.95. The highest BCUT2D eigenvalue weighted by Crippen LogP contribution is 2.38. The summed E-state index contributed by atoms with van der Waals surface area (Å²) in [6.45, 7) is -0.290. The first-order valence-electron chi connectivity index (χ1n) is 10.4. The first kappa shape index (κ1) is 19.6. The molecule has 3 aromatic rings. The number of nitrogens with zero attached hydrogens (tertiary/aromatic N) is 5. The van der Waals surface area contributed by atoms with Crippen molar-refractivity contribution in [2.75, 3.05) is 23.3 Å². The van der Waals surface area contributed by atoms with Crippen LogP contribution < -0.4 is 10.2 Å². The van der Waals surface area contributed by atoms with E-state index in [1.165, 1.54) is 17.4 Å². The number of nitrogens with one attached hydrogen (secondary N) is 1. The number of alkyl halides is 2. The Labute approximate surface area is 178 Å². The van der Waals surface area contributed by atoms with Gasteiger partial charge in [-0.15, -0.1) is 0 Å². The van der Waals surface area contributed by atoms with Crippen LogP contribution in [-0.2, 0) is 0 Å². The molecule has 3 heterocycles. The Hall–Kier alpha value is -3.36. The summed E-state index contributed by atoms with van der Waals surface area (Å²) in [5, 5.41) is 7.20. The van der Waals surface area contributed by atoms with Gasteiger partial charge in [0.1, 0.15) is 12.0 Å². The van der Waals surface area contributed by atoms with Crippen molar-refractivity contribution in [2.24, 2.45) is 0 Å². The molecule has 0 radical (unpaired) electrons. The highest BCUT2D eigenvalue weighted by Gasteiger charge is 2.40. The second-order valence-corrected chi connectivity index (χ2v) is 8.06. The van der Waals surface area contributed by atoms with Gasteiger partial charge < -0.3 is 10.2 Å². The molecule has 1 saturated heterocycles. The lowest BCUT2D eigenvalue weighted by molar-refractivity contribution is 0.0257. The molecular weight excluding hydrogens is 402 g/mol. The molecule has 0 unspecified atom stereocenters. The minimum Gasteiger partial charge on any atom is -0.349 e. The molecule has 0 spiro atoms. The molecule has 1 aromatic carbocycles. The van der Waals surface area contributed by atoms with E-state index in [0.29, 0.717) is 28.8 Å². The van der Waals surface area contributed by atoms with Crippen LogP contribution in [0.3, 0.4) is 0 Å². The van der Waals surface area contributed by atoms with Crippen LogP contribution in [0.25, 0.3) is 11.3 Å². The van der Waals surface area contributed by atoms with Crippen molar-refractivity contribution in [3.8, 4) is 11.3 Å². The van der Waals surface area contributed by atoms with Crippen LogP contribution in [-0.4, -0.2) is 44.7 Å². The van der Waals surface area contributed by atoms with Crippen LogP contribution in [0.15, 0.2) is 49.1 Å². The topological polar surface area (TPSA) is 75.9 Å². The summed E-state index contributed by atoms with van der Waals surface area (Å²) in [5.41, 5.74) is 1.98. The summed E-state index contributed by atoms with van der Waals surface area (Å²) >= 11 is 0. The van der Waals surface area contributed by atoms with Crippen LogP contribution in [0, 0.1) is 0 Å².